The number of aliphatic hydroxyl groups is 1. The van der Waals surface area contributed by atoms with Crippen molar-refractivity contribution in [3.8, 4) is 0 Å². The fourth-order valence-electron chi connectivity index (χ4n) is 3.55. The molecule has 10 heteroatoms. The number of benzene rings is 1. The topological polar surface area (TPSA) is 111 Å². The van der Waals surface area contributed by atoms with Gasteiger partial charge in [0.2, 0.25) is 0 Å². The number of aliphatic hydroxyl groups excluding tert-OH is 1. The summed E-state index contributed by atoms with van der Waals surface area (Å²) in [5, 5.41) is 15.2. The molecule has 3 rings (SSSR count). The van der Waals surface area contributed by atoms with E-state index in [0.717, 1.165) is 11.0 Å². The van der Waals surface area contributed by atoms with Crippen molar-refractivity contribution in [2.75, 3.05) is 36.9 Å². The van der Waals surface area contributed by atoms with E-state index in [1.807, 2.05) is 20.8 Å². The lowest BCUT2D eigenvalue weighted by Gasteiger charge is -2.34. The molecule has 3 amide bonds. The van der Waals surface area contributed by atoms with Crippen molar-refractivity contribution in [3.63, 3.8) is 0 Å². The minimum atomic E-state index is -0.579. The molecule has 0 unspecified atom stereocenters. The van der Waals surface area contributed by atoms with Crippen molar-refractivity contribution < 1.29 is 28.6 Å². The number of nitrogens with one attached hydrogen (secondary N) is 2. The smallest absolute Gasteiger partial charge is 0.410 e. The third-order valence-electron chi connectivity index (χ3n) is 5.09. The van der Waals surface area contributed by atoms with Gasteiger partial charge in [-0.1, -0.05) is 0 Å². The average molecular weight is 448 g/mol. The SMILES string of the molecule is CC(C)(C)OC(=O)N1CCC(Nc2ccc(F)cc2NC2=CC(=O)N(CCO)C2=O)CC1. The van der Waals surface area contributed by atoms with Crippen molar-refractivity contribution in [1.29, 1.82) is 0 Å². The van der Waals surface area contributed by atoms with Crippen LogP contribution < -0.4 is 10.6 Å². The highest BCUT2D eigenvalue weighted by Crippen LogP contribution is 2.28. The zero-order chi connectivity index (χ0) is 23.5. The number of carbonyl (C=O) groups excluding carboxylic acids is 3. The molecular weight excluding hydrogens is 419 g/mol. The molecule has 174 valence electrons. The van der Waals surface area contributed by atoms with Crippen molar-refractivity contribution >= 4 is 29.3 Å². The molecule has 9 nitrogen and oxygen atoms in total. The number of ether oxygens (including phenoxy) is 1. The number of halogens is 1. The Hall–Kier alpha value is -3.14. The fraction of sp³-hybridized carbons (Fsp3) is 0.500. The van der Waals surface area contributed by atoms with Gasteiger partial charge in [0.05, 0.1) is 24.5 Å². The van der Waals surface area contributed by atoms with Crippen LogP contribution >= 0.6 is 0 Å². The predicted octanol–water partition coefficient (Wildman–Crippen LogP) is 2.29. The lowest BCUT2D eigenvalue weighted by molar-refractivity contribution is -0.137. The Morgan fingerprint density at radius 3 is 2.53 bits per heavy atom. The van der Waals surface area contributed by atoms with Gasteiger partial charge in [0, 0.05) is 25.2 Å². The van der Waals surface area contributed by atoms with E-state index in [-0.39, 0.29) is 31.0 Å². The number of hydrogen-bond acceptors (Lipinski definition) is 7. The molecule has 1 aromatic carbocycles. The van der Waals surface area contributed by atoms with E-state index in [4.69, 9.17) is 9.84 Å². The summed E-state index contributed by atoms with van der Waals surface area (Å²) in [6.07, 6.45) is 2.12. The number of nitrogens with zero attached hydrogens (tertiary/aromatic N) is 2. The van der Waals surface area contributed by atoms with E-state index in [1.54, 1.807) is 11.0 Å². The Balaban J connectivity index is 1.64. The van der Waals surface area contributed by atoms with Gasteiger partial charge >= 0.3 is 6.09 Å². The van der Waals surface area contributed by atoms with Crippen molar-refractivity contribution in [1.82, 2.24) is 9.80 Å². The van der Waals surface area contributed by atoms with Crippen molar-refractivity contribution in [3.05, 3.63) is 35.8 Å². The number of carbonyl (C=O) groups is 3. The first-order valence-electron chi connectivity index (χ1n) is 10.6. The normalized spacial score (nSPS) is 17.5. The van der Waals surface area contributed by atoms with Gasteiger partial charge in [-0.25, -0.2) is 9.18 Å². The zero-order valence-corrected chi connectivity index (χ0v) is 18.5. The van der Waals surface area contributed by atoms with E-state index >= 15 is 0 Å². The van der Waals surface area contributed by atoms with Crippen molar-refractivity contribution in [2.24, 2.45) is 0 Å². The van der Waals surface area contributed by atoms with E-state index in [0.29, 0.717) is 37.3 Å². The van der Waals surface area contributed by atoms with E-state index in [9.17, 15) is 18.8 Å². The molecule has 1 aromatic rings. The van der Waals surface area contributed by atoms with Crippen molar-refractivity contribution in [2.45, 2.75) is 45.3 Å². The lowest BCUT2D eigenvalue weighted by Crippen LogP contribution is -2.44. The van der Waals surface area contributed by atoms with Crippen LogP contribution in [0.15, 0.2) is 30.0 Å². The van der Waals surface area contributed by atoms with Crippen LogP contribution in [0.25, 0.3) is 0 Å². The first kappa shape index (κ1) is 23.5. The summed E-state index contributed by atoms with van der Waals surface area (Å²) >= 11 is 0. The number of rotatable bonds is 6. The Labute approximate surface area is 186 Å². The van der Waals surface area contributed by atoms with Crippen LogP contribution in [0.5, 0.6) is 0 Å². The molecule has 1 fully saturated rings. The minimum absolute atomic E-state index is 0.0110. The molecular formula is C22H29FN4O5. The highest BCUT2D eigenvalue weighted by molar-refractivity contribution is 6.17. The van der Waals surface area contributed by atoms with Crippen LogP contribution in [0.4, 0.5) is 20.6 Å². The van der Waals surface area contributed by atoms with E-state index in [1.165, 1.54) is 12.1 Å². The monoisotopic (exact) mass is 448 g/mol. The van der Waals surface area contributed by atoms with Crippen LogP contribution in [-0.2, 0) is 14.3 Å². The molecule has 3 N–H and O–H groups in total. The van der Waals surface area contributed by atoms with Gasteiger partial charge in [0.1, 0.15) is 17.1 Å². The van der Waals surface area contributed by atoms with Crippen LogP contribution in [0.2, 0.25) is 0 Å². The third kappa shape index (κ3) is 5.76. The average Bonchev–Trinajstić information content (AvgIpc) is 2.97. The Morgan fingerprint density at radius 2 is 1.91 bits per heavy atom. The van der Waals surface area contributed by atoms with Gasteiger partial charge in [-0.15, -0.1) is 0 Å². The maximum absolute atomic E-state index is 13.9. The molecule has 2 aliphatic rings. The molecule has 0 aromatic heterocycles. The minimum Gasteiger partial charge on any atom is -0.444 e. The van der Waals surface area contributed by atoms with Gasteiger partial charge < -0.3 is 25.4 Å². The number of imide groups is 1. The quantitative estimate of drug-likeness (QED) is 0.573. The summed E-state index contributed by atoms with van der Waals surface area (Å²) in [7, 11) is 0. The molecule has 0 spiro atoms. The largest absolute Gasteiger partial charge is 0.444 e. The number of piperidine rings is 1. The van der Waals surface area contributed by atoms with Crippen LogP contribution in [0.1, 0.15) is 33.6 Å². The summed E-state index contributed by atoms with van der Waals surface area (Å²) in [5.74, 6) is -1.61. The molecule has 1 saturated heterocycles. The lowest BCUT2D eigenvalue weighted by atomic mass is 10.0. The number of amides is 3. The molecule has 0 saturated carbocycles. The second-order valence-corrected chi connectivity index (χ2v) is 8.78. The first-order valence-corrected chi connectivity index (χ1v) is 10.6. The molecule has 2 aliphatic heterocycles. The summed E-state index contributed by atoms with van der Waals surface area (Å²) in [6.45, 7) is 6.06. The predicted molar refractivity (Wildman–Crippen MR) is 116 cm³/mol. The fourth-order valence-corrected chi connectivity index (χ4v) is 3.55. The second kappa shape index (κ2) is 9.56. The van der Waals surface area contributed by atoms with Crippen LogP contribution in [-0.4, -0.2) is 70.7 Å². The van der Waals surface area contributed by atoms with Gasteiger partial charge in [0.25, 0.3) is 11.8 Å². The second-order valence-electron chi connectivity index (χ2n) is 8.78. The van der Waals surface area contributed by atoms with Crippen LogP contribution in [0, 0.1) is 5.82 Å². The Kier molecular flexibility index (Phi) is 7.02. The van der Waals surface area contributed by atoms with Crippen LogP contribution in [0.3, 0.4) is 0 Å². The number of β-amino-alcohol motifs (C(OH)–C–C–N with tert-alkyl or cyclic N) is 1. The maximum atomic E-state index is 13.9. The highest BCUT2D eigenvalue weighted by atomic mass is 19.1. The Morgan fingerprint density at radius 1 is 1.22 bits per heavy atom. The molecule has 0 bridgehead atoms. The molecule has 0 aliphatic carbocycles. The van der Waals surface area contributed by atoms with Gasteiger partial charge in [-0.2, -0.15) is 0 Å². The number of anilines is 2. The summed E-state index contributed by atoms with van der Waals surface area (Å²) in [6, 6.07) is 4.13. The molecule has 0 atom stereocenters. The third-order valence-corrected chi connectivity index (χ3v) is 5.09. The van der Waals surface area contributed by atoms with E-state index < -0.39 is 23.2 Å². The van der Waals surface area contributed by atoms with Gasteiger partial charge in [-0.05, 0) is 51.8 Å². The summed E-state index contributed by atoms with van der Waals surface area (Å²) in [4.78, 5) is 39.2. The standard InChI is InChI=1S/C22H29FN4O5/c1-22(2,3)32-21(31)26-8-6-15(7-9-26)24-16-5-4-14(23)12-17(16)25-18-13-19(29)27(10-11-28)20(18)30/h4-5,12-13,15,24-25,28H,6-11H2,1-3H3. The molecule has 2 heterocycles. The number of likely N-dealkylation sites (tertiary alicyclic amines) is 1. The number of hydrogen-bond donors (Lipinski definition) is 3. The van der Waals surface area contributed by atoms with Gasteiger partial charge in [-0.3, -0.25) is 14.5 Å². The highest BCUT2D eigenvalue weighted by Gasteiger charge is 2.31. The summed E-state index contributed by atoms with van der Waals surface area (Å²) < 4.78 is 19.3. The van der Waals surface area contributed by atoms with Gasteiger partial charge in [0.15, 0.2) is 0 Å². The molecule has 0 radical (unpaired) electrons. The molecule has 32 heavy (non-hydrogen) atoms. The van der Waals surface area contributed by atoms with E-state index in [2.05, 4.69) is 10.6 Å². The Bertz CT molecular complexity index is 919. The zero-order valence-electron chi connectivity index (χ0n) is 18.5. The summed E-state index contributed by atoms with van der Waals surface area (Å²) in [5.41, 5.74) is 0.347. The first-order chi connectivity index (χ1) is 15.1. The maximum Gasteiger partial charge on any atom is 0.410 e.